The summed E-state index contributed by atoms with van der Waals surface area (Å²) in [5.74, 6) is 0.706. The number of aryl methyl sites for hydroxylation is 1. The fourth-order valence-corrected chi connectivity index (χ4v) is 2.68. The molecule has 0 bridgehead atoms. The van der Waals surface area contributed by atoms with Crippen LogP contribution in [0.5, 0.6) is 0 Å². The van der Waals surface area contributed by atoms with E-state index >= 15 is 0 Å². The van der Waals surface area contributed by atoms with Crippen molar-refractivity contribution in [2.24, 2.45) is 18.9 Å². The third-order valence-corrected chi connectivity index (χ3v) is 4.45. The van der Waals surface area contributed by atoms with E-state index in [1.807, 2.05) is 6.92 Å². The summed E-state index contributed by atoms with van der Waals surface area (Å²) in [5, 5.41) is 0.0217. The maximum atomic E-state index is 12.0. The second kappa shape index (κ2) is 5.05. The van der Waals surface area contributed by atoms with Gasteiger partial charge < -0.3 is 10.3 Å². The minimum atomic E-state index is -3.58. The third kappa shape index (κ3) is 3.19. The van der Waals surface area contributed by atoms with Gasteiger partial charge in [0.2, 0.25) is 0 Å². The third-order valence-electron chi connectivity index (χ3n) is 2.90. The van der Waals surface area contributed by atoms with Gasteiger partial charge in [0.1, 0.15) is 0 Å². The van der Waals surface area contributed by atoms with Crippen LogP contribution < -0.4 is 10.5 Å². The molecule has 17 heavy (non-hydrogen) atoms. The Bertz CT molecular complexity index is 459. The van der Waals surface area contributed by atoms with Gasteiger partial charge in [0.05, 0.1) is 6.33 Å². The molecule has 0 aromatic carbocycles. The van der Waals surface area contributed by atoms with E-state index in [9.17, 15) is 8.42 Å². The van der Waals surface area contributed by atoms with Crippen molar-refractivity contribution >= 4 is 15.8 Å². The largest absolute Gasteiger partial charge is 0.381 e. The highest BCUT2D eigenvalue weighted by atomic mass is 32.2. The fraction of sp³-hybridized carbons (Fsp3) is 0.700. The zero-order chi connectivity index (χ0) is 13.2. The van der Waals surface area contributed by atoms with Gasteiger partial charge >= 0.3 is 0 Å². The maximum absolute atomic E-state index is 12.0. The summed E-state index contributed by atoms with van der Waals surface area (Å²) in [7, 11) is -1.98. The predicted molar refractivity (Wildman–Crippen MR) is 66.8 cm³/mol. The van der Waals surface area contributed by atoms with Gasteiger partial charge in [0.25, 0.3) is 10.0 Å². The molecular weight excluding hydrogens is 240 g/mol. The lowest BCUT2D eigenvalue weighted by Crippen LogP contribution is -2.31. The summed E-state index contributed by atoms with van der Waals surface area (Å²) in [5.41, 5.74) is 5.54. The molecule has 0 aliphatic rings. The van der Waals surface area contributed by atoms with Crippen molar-refractivity contribution in [3.63, 3.8) is 0 Å². The van der Waals surface area contributed by atoms with Gasteiger partial charge in [0, 0.05) is 13.6 Å². The Morgan fingerprint density at radius 1 is 1.47 bits per heavy atom. The molecule has 0 amide bonds. The van der Waals surface area contributed by atoms with Crippen LogP contribution in [-0.4, -0.2) is 24.5 Å². The van der Waals surface area contributed by atoms with Crippen LogP contribution in [0, 0.1) is 11.8 Å². The first-order valence-corrected chi connectivity index (χ1v) is 7.00. The first-order chi connectivity index (χ1) is 7.75. The summed E-state index contributed by atoms with van der Waals surface area (Å²) in [6.45, 7) is 6.50. The Labute approximate surface area is 102 Å². The minimum Gasteiger partial charge on any atom is -0.381 e. The highest BCUT2D eigenvalue weighted by Crippen LogP contribution is 2.16. The lowest BCUT2D eigenvalue weighted by molar-refractivity contribution is 0.414. The van der Waals surface area contributed by atoms with E-state index in [2.05, 4.69) is 23.6 Å². The number of nitrogens with one attached hydrogen (secondary N) is 1. The van der Waals surface area contributed by atoms with Crippen molar-refractivity contribution in [2.75, 3.05) is 12.3 Å². The van der Waals surface area contributed by atoms with E-state index in [1.165, 1.54) is 10.9 Å². The van der Waals surface area contributed by atoms with Gasteiger partial charge in [0.15, 0.2) is 10.8 Å². The van der Waals surface area contributed by atoms with Crippen LogP contribution >= 0.6 is 0 Å². The van der Waals surface area contributed by atoms with Crippen LogP contribution in [0.25, 0.3) is 0 Å². The number of nitrogen functional groups attached to an aromatic ring is 1. The Morgan fingerprint density at radius 3 is 2.47 bits per heavy atom. The van der Waals surface area contributed by atoms with E-state index in [4.69, 9.17) is 5.73 Å². The van der Waals surface area contributed by atoms with E-state index in [1.54, 1.807) is 7.05 Å². The standard InChI is InChI=1S/C10H20N4O2S/c1-7(2)8(3)5-13-17(15,16)10-9(11)12-6-14(10)4/h6-8,13H,5,11H2,1-4H3. The van der Waals surface area contributed by atoms with Gasteiger partial charge in [-0.25, -0.2) is 18.1 Å². The molecule has 1 rings (SSSR count). The zero-order valence-electron chi connectivity index (χ0n) is 10.6. The molecular formula is C10H20N4O2S. The van der Waals surface area contributed by atoms with E-state index in [0.717, 1.165) is 0 Å². The van der Waals surface area contributed by atoms with E-state index in [-0.39, 0.29) is 16.8 Å². The van der Waals surface area contributed by atoms with Crippen molar-refractivity contribution in [1.29, 1.82) is 0 Å². The molecule has 0 spiro atoms. The molecule has 0 aliphatic heterocycles. The molecule has 1 aromatic rings. The molecule has 0 saturated carbocycles. The minimum absolute atomic E-state index is 0.0217. The van der Waals surface area contributed by atoms with Gasteiger partial charge in [-0.05, 0) is 11.8 Å². The molecule has 3 N–H and O–H groups in total. The molecule has 1 heterocycles. The number of hydrogen-bond acceptors (Lipinski definition) is 4. The molecule has 98 valence electrons. The van der Waals surface area contributed by atoms with Crippen LogP contribution in [-0.2, 0) is 17.1 Å². The summed E-state index contributed by atoms with van der Waals surface area (Å²) < 4.78 is 28.0. The van der Waals surface area contributed by atoms with Crippen molar-refractivity contribution in [3.8, 4) is 0 Å². The number of anilines is 1. The first kappa shape index (κ1) is 14.0. The number of nitrogens with zero attached hydrogens (tertiary/aromatic N) is 2. The van der Waals surface area contributed by atoms with Crippen molar-refractivity contribution in [1.82, 2.24) is 14.3 Å². The fourth-order valence-electron chi connectivity index (χ4n) is 1.31. The molecule has 1 aromatic heterocycles. The van der Waals surface area contributed by atoms with Gasteiger partial charge in [-0.2, -0.15) is 0 Å². The van der Waals surface area contributed by atoms with Gasteiger partial charge in [-0.15, -0.1) is 0 Å². The second-order valence-corrected chi connectivity index (χ2v) is 6.30. The molecule has 0 fully saturated rings. The summed E-state index contributed by atoms with van der Waals surface area (Å²) in [6.07, 6.45) is 1.38. The van der Waals surface area contributed by atoms with Gasteiger partial charge in [-0.3, -0.25) is 0 Å². The second-order valence-electron chi connectivity index (χ2n) is 4.62. The topological polar surface area (TPSA) is 90.0 Å². The predicted octanol–water partition coefficient (Wildman–Crippen LogP) is 0.573. The number of rotatable bonds is 5. The van der Waals surface area contributed by atoms with Crippen LogP contribution in [0.2, 0.25) is 0 Å². The highest BCUT2D eigenvalue weighted by Gasteiger charge is 2.23. The van der Waals surface area contributed by atoms with Crippen LogP contribution in [0.3, 0.4) is 0 Å². The Hall–Kier alpha value is -1.08. The number of nitrogens with two attached hydrogens (primary N) is 1. The maximum Gasteiger partial charge on any atom is 0.260 e. The Morgan fingerprint density at radius 2 is 2.06 bits per heavy atom. The Balaban J connectivity index is 2.84. The summed E-state index contributed by atoms with van der Waals surface area (Å²) in [6, 6.07) is 0. The smallest absolute Gasteiger partial charge is 0.260 e. The molecule has 0 aliphatic carbocycles. The zero-order valence-corrected chi connectivity index (χ0v) is 11.5. The van der Waals surface area contributed by atoms with E-state index < -0.39 is 10.0 Å². The van der Waals surface area contributed by atoms with Crippen LogP contribution in [0.1, 0.15) is 20.8 Å². The molecule has 0 radical (unpaired) electrons. The van der Waals surface area contributed by atoms with Crippen molar-refractivity contribution < 1.29 is 8.42 Å². The average Bonchev–Trinajstić information content (AvgIpc) is 2.55. The summed E-state index contributed by atoms with van der Waals surface area (Å²) >= 11 is 0. The quantitative estimate of drug-likeness (QED) is 0.810. The lowest BCUT2D eigenvalue weighted by Gasteiger charge is -2.16. The number of sulfonamides is 1. The molecule has 7 heteroatoms. The first-order valence-electron chi connectivity index (χ1n) is 5.52. The van der Waals surface area contributed by atoms with Gasteiger partial charge in [-0.1, -0.05) is 20.8 Å². The number of hydrogen-bond donors (Lipinski definition) is 2. The normalized spacial score (nSPS) is 14.2. The van der Waals surface area contributed by atoms with Crippen LogP contribution in [0.4, 0.5) is 5.82 Å². The number of imidazole rings is 1. The molecule has 6 nitrogen and oxygen atoms in total. The molecule has 1 unspecified atom stereocenters. The average molecular weight is 260 g/mol. The van der Waals surface area contributed by atoms with E-state index in [0.29, 0.717) is 12.5 Å². The van der Waals surface area contributed by atoms with Crippen LogP contribution in [0.15, 0.2) is 11.4 Å². The van der Waals surface area contributed by atoms with Crippen molar-refractivity contribution in [2.45, 2.75) is 25.8 Å². The summed E-state index contributed by atoms with van der Waals surface area (Å²) in [4.78, 5) is 3.77. The SMILES string of the molecule is CC(C)C(C)CNS(=O)(=O)c1c(N)ncn1C. The monoisotopic (exact) mass is 260 g/mol. The lowest BCUT2D eigenvalue weighted by atomic mass is 9.99. The Kier molecular flexibility index (Phi) is 4.16. The molecule has 0 saturated heterocycles. The molecule has 1 atom stereocenters. The number of aromatic nitrogens is 2. The van der Waals surface area contributed by atoms with Crippen molar-refractivity contribution in [3.05, 3.63) is 6.33 Å². The highest BCUT2D eigenvalue weighted by molar-refractivity contribution is 7.89.